The number of nitrogens with two attached hydrogens (primary N) is 2. The fourth-order valence-corrected chi connectivity index (χ4v) is 3.83. The van der Waals surface area contributed by atoms with Gasteiger partial charge in [-0.05, 0) is 43.3 Å². The SMILES string of the molecule is CC(Oc1cccc(Sc2ccc(N)c(N)c2)c1)C(C)C1CNCCO1. The quantitative estimate of drug-likeness (QED) is 0.673. The smallest absolute Gasteiger partial charge is 0.120 e. The minimum atomic E-state index is 0.0623. The van der Waals surface area contributed by atoms with Crippen molar-refractivity contribution in [3.8, 4) is 5.75 Å². The largest absolute Gasteiger partial charge is 0.490 e. The van der Waals surface area contributed by atoms with Gasteiger partial charge in [-0.3, -0.25) is 0 Å². The summed E-state index contributed by atoms with van der Waals surface area (Å²) in [5.41, 5.74) is 12.9. The van der Waals surface area contributed by atoms with E-state index in [0.717, 1.165) is 35.2 Å². The van der Waals surface area contributed by atoms with Gasteiger partial charge in [0.25, 0.3) is 0 Å². The molecule has 3 unspecified atom stereocenters. The highest BCUT2D eigenvalue weighted by Crippen LogP contribution is 2.33. The molecule has 0 aliphatic carbocycles. The first-order chi connectivity index (χ1) is 12.5. The van der Waals surface area contributed by atoms with Crippen LogP contribution < -0.4 is 21.5 Å². The molecule has 5 nitrogen and oxygen atoms in total. The molecule has 0 radical (unpaired) electrons. The van der Waals surface area contributed by atoms with E-state index in [4.69, 9.17) is 20.9 Å². The van der Waals surface area contributed by atoms with Gasteiger partial charge >= 0.3 is 0 Å². The van der Waals surface area contributed by atoms with Gasteiger partial charge in [-0.1, -0.05) is 24.8 Å². The molecule has 0 bridgehead atoms. The predicted octanol–water partition coefficient (Wildman–Crippen LogP) is 3.39. The summed E-state index contributed by atoms with van der Waals surface area (Å²) in [7, 11) is 0. The Labute approximate surface area is 159 Å². The summed E-state index contributed by atoms with van der Waals surface area (Å²) in [6.07, 6.45) is 0.251. The van der Waals surface area contributed by atoms with Crippen molar-refractivity contribution in [1.82, 2.24) is 5.32 Å². The Bertz CT molecular complexity index is 735. The average molecular weight is 374 g/mol. The van der Waals surface area contributed by atoms with Crippen molar-refractivity contribution >= 4 is 23.1 Å². The Morgan fingerprint density at radius 3 is 2.65 bits per heavy atom. The van der Waals surface area contributed by atoms with Gasteiger partial charge in [0.15, 0.2) is 0 Å². The molecule has 26 heavy (non-hydrogen) atoms. The molecule has 0 saturated carbocycles. The molecular weight excluding hydrogens is 346 g/mol. The highest BCUT2D eigenvalue weighted by Gasteiger charge is 2.26. The van der Waals surface area contributed by atoms with Crippen LogP contribution in [-0.2, 0) is 4.74 Å². The molecule has 1 heterocycles. The number of rotatable bonds is 6. The minimum absolute atomic E-state index is 0.0623. The van der Waals surface area contributed by atoms with Crippen LogP contribution in [0.1, 0.15) is 13.8 Å². The van der Waals surface area contributed by atoms with Crippen LogP contribution in [0.3, 0.4) is 0 Å². The molecule has 5 N–H and O–H groups in total. The maximum absolute atomic E-state index is 6.18. The molecule has 1 fully saturated rings. The Hall–Kier alpha value is -1.89. The molecule has 1 aliphatic rings. The molecule has 3 rings (SSSR count). The van der Waals surface area contributed by atoms with Crippen LogP contribution in [0, 0.1) is 5.92 Å². The average Bonchev–Trinajstić information content (AvgIpc) is 2.65. The third-order valence-corrected chi connectivity index (χ3v) is 5.68. The van der Waals surface area contributed by atoms with Crippen LogP contribution in [0.5, 0.6) is 5.75 Å². The summed E-state index contributed by atoms with van der Waals surface area (Å²) >= 11 is 1.64. The summed E-state index contributed by atoms with van der Waals surface area (Å²) in [5.74, 6) is 1.16. The van der Waals surface area contributed by atoms with Crippen molar-refractivity contribution in [2.24, 2.45) is 5.92 Å². The Morgan fingerprint density at radius 2 is 1.92 bits per heavy atom. The third kappa shape index (κ3) is 4.84. The van der Waals surface area contributed by atoms with Crippen molar-refractivity contribution in [1.29, 1.82) is 0 Å². The van der Waals surface area contributed by atoms with Crippen LogP contribution in [0.15, 0.2) is 52.3 Å². The van der Waals surface area contributed by atoms with Crippen molar-refractivity contribution < 1.29 is 9.47 Å². The molecule has 0 amide bonds. The molecule has 6 heteroatoms. The summed E-state index contributed by atoms with van der Waals surface area (Å²) in [4.78, 5) is 2.15. The van der Waals surface area contributed by atoms with Crippen molar-refractivity contribution in [2.45, 2.75) is 35.8 Å². The second-order valence-corrected chi connectivity index (χ2v) is 7.81. The number of ether oxygens (including phenoxy) is 2. The van der Waals surface area contributed by atoms with Crippen LogP contribution in [-0.4, -0.2) is 31.9 Å². The van der Waals surface area contributed by atoms with E-state index in [1.54, 1.807) is 11.8 Å². The molecule has 3 atom stereocenters. The lowest BCUT2D eigenvalue weighted by Crippen LogP contribution is -2.45. The lowest BCUT2D eigenvalue weighted by Gasteiger charge is -2.32. The topological polar surface area (TPSA) is 82.5 Å². The van der Waals surface area contributed by atoms with Gasteiger partial charge in [-0.15, -0.1) is 0 Å². The van der Waals surface area contributed by atoms with Gasteiger partial charge in [0, 0.05) is 28.8 Å². The predicted molar refractivity (Wildman–Crippen MR) is 108 cm³/mol. The number of benzene rings is 2. The zero-order valence-corrected chi connectivity index (χ0v) is 16.1. The van der Waals surface area contributed by atoms with Crippen LogP contribution in [0.2, 0.25) is 0 Å². The molecule has 2 aromatic rings. The number of hydrogen-bond donors (Lipinski definition) is 3. The fraction of sp³-hybridized carbons (Fsp3) is 0.400. The first kappa shape index (κ1) is 18.9. The molecule has 140 valence electrons. The number of morpholine rings is 1. The van der Waals surface area contributed by atoms with Crippen LogP contribution in [0.4, 0.5) is 11.4 Å². The number of anilines is 2. The van der Waals surface area contributed by atoms with Gasteiger partial charge in [0.05, 0.1) is 24.1 Å². The van der Waals surface area contributed by atoms with E-state index in [0.29, 0.717) is 17.3 Å². The number of hydrogen-bond acceptors (Lipinski definition) is 6. The Balaban J connectivity index is 1.63. The Morgan fingerprint density at radius 1 is 1.12 bits per heavy atom. The number of nitrogen functional groups attached to an aromatic ring is 2. The maximum atomic E-state index is 6.18. The van der Waals surface area contributed by atoms with Crippen molar-refractivity contribution in [3.05, 3.63) is 42.5 Å². The molecule has 2 aromatic carbocycles. The summed E-state index contributed by atoms with van der Waals surface area (Å²) in [6, 6.07) is 13.8. The second kappa shape index (κ2) is 8.66. The number of nitrogens with one attached hydrogen (secondary N) is 1. The lowest BCUT2D eigenvalue weighted by molar-refractivity contribution is -0.0341. The van der Waals surface area contributed by atoms with E-state index in [2.05, 4.69) is 31.3 Å². The molecule has 0 aromatic heterocycles. The standard InChI is InChI=1S/C20H27N3O2S/c1-13(20-12-23-8-9-24-20)14(2)25-15-4-3-5-16(10-15)26-17-6-7-18(21)19(22)11-17/h3-7,10-11,13-14,20,23H,8-9,12,21-22H2,1-2H3. The molecular formula is C20H27N3O2S. The first-order valence-corrected chi connectivity index (χ1v) is 9.76. The van der Waals surface area contributed by atoms with E-state index in [9.17, 15) is 0 Å². The van der Waals surface area contributed by atoms with Gasteiger partial charge in [-0.2, -0.15) is 0 Å². The van der Waals surface area contributed by atoms with Gasteiger partial charge in [0.1, 0.15) is 11.9 Å². The second-order valence-electron chi connectivity index (χ2n) is 6.66. The highest BCUT2D eigenvalue weighted by molar-refractivity contribution is 7.99. The third-order valence-electron chi connectivity index (χ3n) is 4.70. The highest BCUT2D eigenvalue weighted by atomic mass is 32.2. The van der Waals surface area contributed by atoms with Gasteiger partial charge < -0.3 is 26.3 Å². The first-order valence-electron chi connectivity index (χ1n) is 8.95. The van der Waals surface area contributed by atoms with Gasteiger partial charge in [0.2, 0.25) is 0 Å². The summed E-state index contributed by atoms with van der Waals surface area (Å²) in [5, 5.41) is 3.38. The Kier molecular flexibility index (Phi) is 6.29. The van der Waals surface area contributed by atoms with E-state index < -0.39 is 0 Å². The van der Waals surface area contributed by atoms with Crippen LogP contribution in [0.25, 0.3) is 0 Å². The molecule has 1 aliphatic heterocycles. The molecule has 1 saturated heterocycles. The van der Waals surface area contributed by atoms with E-state index in [1.165, 1.54) is 0 Å². The zero-order chi connectivity index (χ0) is 18.5. The minimum Gasteiger partial charge on any atom is -0.490 e. The maximum Gasteiger partial charge on any atom is 0.120 e. The van der Waals surface area contributed by atoms with E-state index in [-0.39, 0.29) is 12.2 Å². The van der Waals surface area contributed by atoms with Crippen molar-refractivity contribution in [3.63, 3.8) is 0 Å². The van der Waals surface area contributed by atoms with Crippen LogP contribution >= 0.6 is 11.8 Å². The monoisotopic (exact) mass is 373 g/mol. The normalized spacial score (nSPS) is 19.7. The zero-order valence-electron chi connectivity index (χ0n) is 15.3. The summed E-state index contributed by atoms with van der Waals surface area (Å²) < 4.78 is 12.0. The van der Waals surface area contributed by atoms with E-state index >= 15 is 0 Å². The molecule has 0 spiro atoms. The fourth-order valence-electron chi connectivity index (χ4n) is 2.91. The van der Waals surface area contributed by atoms with E-state index in [1.807, 2.05) is 30.3 Å². The summed E-state index contributed by atoms with van der Waals surface area (Å²) in [6.45, 7) is 6.84. The van der Waals surface area contributed by atoms with Gasteiger partial charge in [-0.25, -0.2) is 0 Å². The van der Waals surface area contributed by atoms with Crippen molar-refractivity contribution in [2.75, 3.05) is 31.2 Å². The lowest BCUT2D eigenvalue weighted by atomic mass is 9.98.